The van der Waals surface area contributed by atoms with Crippen molar-refractivity contribution in [2.24, 2.45) is 0 Å². The van der Waals surface area contributed by atoms with Crippen molar-refractivity contribution in [3.8, 4) is 0 Å². The van der Waals surface area contributed by atoms with Crippen molar-refractivity contribution in [1.82, 2.24) is 9.80 Å². The van der Waals surface area contributed by atoms with Crippen LogP contribution in [-0.2, 0) is 9.59 Å². The molecular weight excluding hydrogens is 228 g/mol. The third kappa shape index (κ3) is 1.65. The number of piperazine rings is 1. The molecule has 0 aromatic carbocycles. The molecule has 2 unspecified atom stereocenters. The molecule has 3 aliphatic rings. The van der Waals surface area contributed by atoms with Gasteiger partial charge >= 0.3 is 0 Å². The fourth-order valence-electron chi connectivity index (χ4n) is 3.56. The molecule has 0 aromatic heterocycles. The van der Waals surface area contributed by atoms with Gasteiger partial charge in [0, 0.05) is 12.6 Å². The summed E-state index contributed by atoms with van der Waals surface area (Å²) in [5.41, 5.74) is 0. The van der Waals surface area contributed by atoms with Crippen LogP contribution in [0.1, 0.15) is 51.9 Å². The van der Waals surface area contributed by atoms with Crippen LogP contribution in [0, 0.1) is 0 Å². The van der Waals surface area contributed by atoms with E-state index in [0.29, 0.717) is 6.04 Å². The largest absolute Gasteiger partial charge is 0.329 e. The van der Waals surface area contributed by atoms with Crippen molar-refractivity contribution >= 4 is 11.8 Å². The first kappa shape index (κ1) is 12.0. The molecule has 3 rings (SSSR count). The van der Waals surface area contributed by atoms with Gasteiger partial charge in [0.2, 0.25) is 11.8 Å². The lowest BCUT2D eigenvalue weighted by Crippen LogP contribution is -2.68. The second-order valence-electron chi connectivity index (χ2n) is 5.80. The van der Waals surface area contributed by atoms with Gasteiger partial charge in [0.15, 0.2) is 0 Å². The molecule has 2 heterocycles. The molecule has 0 bridgehead atoms. The van der Waals surface area contributed by atoms with E-state index in [-0.39, 0.29) is 23.9 Å². The SMILES string of the molecule is CCC1C(=O)N2CCCCC2C(=O)N1C1CCC1. The van der Waals surface area contributed by atoms with Crippen LogP contribution in [0.4, 0.5) is 0 Å². The van der Waals surface area contributed by atoms with E-state index in [9.17, 15) is 9.59 Å². The number of hydrogen-bond acceptors (Lipinski definition) is 2. The monoisotopic (exact) mass is 250 g/mol. The van der Waals surface area contributed by atoms with Gasteiger partial charge in [-0.15, -0.1) is 0 Å². The predicted molar refractivity (Wildman–Crippen MR) is 67.9 cm³/mol. The van der Waals surface area contributed by atoms with E-state index < -0.39 is 0 Å². The minimum absolute atomic E-state index is 0.144. The Hall–Kier alpha value is -1.06. The standard InChI is InChI=1S/C14H22N2O2/c1-2-11-13(17)15-9-4-3-8-12(15)14(18)16(11)10-6-5-7-10/h10-12H,2-9H2,1H3. The molecule has 2 atom stereocenters. The number of rotatable bonds is 2. The molecule has 0 spiro atoms. The van der Waals surface area contributed by atoms with Crippen molar-refractivity contribution in [1.29, 1.82) is 0 Å². The molecule has 0 radical (unpaired) electrons. The number of hydrogen-bond donors (Lipinski definition) is 0. The van der Waals surface area contributed by atoms with Gasteiger partial charge in [-0.1, -0.05) is 6.92 Å². The lowest BCUT2D eigenvalue weighted by Gasteiger charge is -2.51. The van der Waals surface area contributed by atoms with Gasteiger partial charge in [0.25, 0.3) is 0 Å². The quantitative estimate of drug-likeness (QED) is 0.746. The van der Waals surface area contributed by atoms with Gasteiger partial charge in [-0.25, -0.2) is 0 Å². The van der Waals surface area contributed by atoms with E-state index >= 15 is 0 Å². The highest BCUT2D eigenvalue weighted by Gasteiger charge is 2.48. The lowest BCUT2D eigenvalue weighted by atomic mass is 9.86. The fourth-order valence-corrected chi connectivity index (χ4v) is 3.56. The highest BCUT2D eigenvalue weighted by atomic mass is 16.2. The molecule has 1 saturated carbocycles. The van der Waals surface area contributed by atoms with Crippen LogP contribution in [0.2, 0.25) is 0 Å². The third-order valence-corrected chi connectivity index (χ3v) is 4.80. The van der Waals surface area contributed by atoms with Gasteiger partial charge < -0.3 is 9.80 Å². The summed E-state index contributed by atoms with van der Waals surface area (Å²) >= 11 is 0. The summed E-state index contributed by atoms with van der Waals surface area (Å²) < 4.78 is 0. The van der Waals surface area contributed by atoms with Crippen LogP contribution < -0.4 is 0 Å². The Balaban J connectivity index is 1.88. The third-order valence-electron chi connectivity index (χ3n) is 4.80. The second kappa shape index (κ2) is 4.56. The summed E-state index contributed by atoms with van der Waals surface area (Å²) in [5, 5.41) is 0. The first-order valence-electron chi connectivity index (χ1n) is 7.36. The van der Waals surface area contributed by atoms with Gasteiger partial charge in [0.1, 0.15) is 12.1 Å². The van der Waals surface area contributed by atoms with Gasteiger partial charge in [-0.3, -0.25) is 9.59 Å². The molecule has 100 valence electrons. The summed E-state index contributed by atoms with van der Waals surface area (Å²) in [6, 6.07) is 0.0160. The zero-order valence-electron chi connectivity index (χ0n) is 11.1. The Labute approximate surface area is 108 Å². The van der Waals surface area contributed by atoms with Crippen molar-refractivity contribution in [2.45, 2.75) is 70.0 Å². The fraction of sp³-hybridized carbons (Fsp3) is 0.857. The maximum atomic E-state index is 12.6. The first-order chi connectivity index (χ1) is 8.74. The van der Waals surface area contributed by atoms with Crippen molar-refractivity contribution in [3.05, 3.63) is 0 Å². The molecule has 4 nitrogen and oxygen atoms in total. The molecular formula is C14H22N2O2. The Bertz CT molecular complexity index is 365. The summed E-state index contributed by atoms with van der Waals surface area (Å²) in [6.07, 6.45) is 7.12. The topological polar surface area (TPSA) is 40.6 Å². The van der Waals surface area contributed by atoms with Gasteiger partial charge in [-0.2, -0.15) is 0 Å². The minimum atomic E-state index is -0.183. The predicted octanol–water partition coefficient (Wildman–Crippen LogP) is 1.54. The van der Waals surface area contributed by atoms with E-state index in [4.69, 9.17) is 0 Å². The first-order valence-corrected chi connectivity index (χ1v) is 7.36. The van der Waals surface area contributed by atoms with Crippen molar-refractivity contribution in [2.75, 3.05) is 6.54 Å². The molecule has 2 aliphatic heterocycles. The second-order valence-corrected chi connectivity index (χ2v) is 5.80. The molecule has 0 N–H and O–H groups in total. The molecule has 2 saturated heterocycles. The van der Waals surface area contributed by atoms with E-state index in [1.807, 2.05) is 16.7 Å². The maximum absolute atomic E-state index is 12.6. The van der Waals surface area contributed by atoms with Crippen molar-refractivity contribution in [3.63, 3.8) is 0 Å². The average Bonchev–Trinajstić information content (AvgIpc) is 2.34. The van der Waals surface area contributed by atoms with Crippen LogP contribution in [-0.4, -0.2) is 46.3 Å². The van der Waals surface area contributed by atoms with Gasteiger partial charge in [0.05, 0.1) is 0 Å². The van der Waals surface area contributed by atoms with E-state index in [1.165, 1.54) is 6.42 Å². The Kier molecular flexibility index (Phi) is 3.04. The Morgan fingerprint density at radius 1 is 1.06 bits per heavy atom. The smallest absolute Gasteiger partial charge is 0.246 e. The molecule has 3 fully saturated rings. The number of piperidine rings is 1. The highest BCUT2D eigenvalue weighted by molar-refractivity contribution is 5.97. The number of carbonyl (C=O) groups is 2. The van der Waals surface area contributed by atoms with E-state index in [0.717, 1.165) is 45.1 Å². The molecule has 0 aromatic rings. The molecule has 2 amide bonds. The zero-order chi connectivity index (χ0) is 12.7. The normalized spacial score (nSPS) is 33.4. The number of nitrogens with zero attached hydrogens (tertiary/aromatic N) is 2. The average molecular weight is 250 g/mol. The van der Waals surface area contributed by atoms with Crippen LogP contribution in [0.5, 0.6) is 0 Å². The Morgan fingerprint density at radius 2 is 1.83 bits per heavy atom. The summed E-state index contributed by atoms with van der Waals surface area (Å²) in [7, 11) is 0. The summed E-state index contributed by atoms with van der Waals surface area (Å²) in [6.45, 7) is 2.80. The summed E-state index contributed by atoms with van der Waals surface area (Å²) in [4.78, 5) is 29.0. The maximum Gasteiger partial charge on any atom is 0.246 e. The zero-order valence-corrected chi connectivity index (χ0v) is 11.1. The minimum Gasteiger partial charge on any atom is -0.329 e. The van der Waals surface area contributed by atoms with Crippen LogP contribution in [0.15, 0.2) is 0 Å². The van der Waals surface area contributed by atoms with Gasteiger partial charge in [-0.05, 0) is 44.9 Å². The van der Waals surface area contributed by atoms with E-state index in [1.54, 1.807) is 0 Å². The van der Waals surface area contributed by atoms with Crippen LogP contribution in [0.3, 0.4) is 0 Å². The Morgan fingerprint density at radius 3 is 2.44 bits per heavy atom. The highest BCUT2D eigenvalue weighted by Crippen LogP contribution is 2.34. The molecule has 18 heavy (non-hydrogen) atoms. The molecule has 1 aliphatic carbocycles. The lowest BCUT2D eigenvalue weighted by molar-refractivity contribution is -0.168. The van der Waals surface area contributed by atoms with Crippen LogP contribution in [0.25, 0.3) is 0 Å². The summed E-state index contributed by atoms with van der Waals surface area (Å²) in [5.74, 6) is 0.430. The van der Waals surface area contributed by atoms with E-state index in [2.05, 4.69) is 0 Å². The number of carbonyl (C=O) groups excluding carboxylic acids is 2. The van der Waals surface area contributed by atoms with Crippen molar-refractivity contribution < 1.29 is 9.59 Å². The van der Waals surface area contributed by atoms with Crippen LogP contribution >= 0.6 is 0 Å². The number of amides is 2. The number of fused-ring (bicyclic) bond motifs is 1. The molecule has 4 heteroatoms.